The minimum absolute atomic E-state index is 0.0528. The topological polar surface area (TPSA) is 109 Å². The number of carbonyl (C=O) groups is 1. The highest BCUT2D eigenvalue weighted by Gasteiger charge is 2.37. The fourth-order valence-corrected chi connectivity index (χ4v) is 3.92. The zero-order valence-corrected chi connectivity index (χ0v) is 18.2. The number of nitrogens with zero attached hydrogens (tertiary/aromatic N) is 4. The molecule has 4 aromatic heterocycles. The number of nitrogens with one attached hydrogen (secondary N) is 3. The maximum Gasteiger partial charge on any atom is 0.408 e. The number of amides is 1. The van der Waals surface area contributed by atoms with E-state index in [0.717, 1.165) is 36.3 Å². The van der Waals surface area contributed by atoms with Crippen LogP contribution in [0.4, 0.5) is 19.1 Å². The fourth-order valence-electron chi connectivity index (χ4n) is 3.92. The lowest BCUT2D eigenvalue weighted by molar-refractivity contribution is -0.149. The molecule has 5 heterocycles. The molecule has 1 unspecified atom stereocenters. The molecule has 0 aromatic carbocycles. The molecule has 0 bridgehead atoms. The lowest BCUT2D eigenvalue weighted by atomic mass is 10.1. The van der Waals surface area contributed by atoms with Crippen molar-refractivity contribution >= 4 is 28.4 Å². The molecule has 1 saturated heterocycles. The molecule has 4 aromatic rings. The average molecular weight is 473 g/mol. The van der Waals surface area contributed by atoms with Gasteiger partial charge in [-0.05, 0) is 37.5 Å². The molecule has 5 rings (SSSR count). The summed E-state index contributed by atoms with van der Waals surface area (Å²) in [5.41, 5.74) is 2.62. The molecule has 0 aliphatic carbocycles. The first-order chi connectivity index (χ1) is 16.3. The fraction of sp³-hybridized carbons (Fsp3) is 0.364. The van der Waals surface area contributed by atoms with E-state index in [1.807, 2.05) is 5.32 Å². The van der Waals surface area contributed by atoms with Gasteiger partial charge in [-0.1, -0.05) is 0 Å². The van der Waals surface area contributed by atoms with E-state index in [0.29, 0.717) is 30.3 Å². The summed E-state index contributed by atoms with van der Waals surface area (Å²) in [6.45, 7) is 2.31. The first-order valence-corrected chi connectivity index (χ1v) is 10.8. The van der Waals surface area contributed by atoms with Crippen molar-refractivity contribution in [3.8, 4) is 11.1 Å². The lowest BCUT2D eigenvalue weighted by Gasteiger charge is -2.22. The zero-order valence-electron chi connectivity index (χ0n) is 18.2. The molecule has 0 radical (unpaired) electrons. The van der Waals surface area contributed by atoms with Gasteiger partial charge in [0, 0.05) is 48.8 Å². The number of carbonyl (C=O) groups excluding carboxylic acids is 1. The summed E-state index contributed by atoms with van der Waals surface area (Å²) < 4.78 is 45.4. The van der Waals surface area contributed by atoms with Crippen LogP contribution in [-0.4, -0.2) is 61.9 Å². The quantitative estimate of drug-likeness (QED) is 0.409. The number of ether oxygens (including phenoxy) is 1. The van der Waals surface area contributed by atoms with Crippen LogP contribution < -0.4 is 10.6 Å². The number of aromatic amines is 1. The predicted molar refractivity (Wildman–Crippen MR) is 119 cm³/mol. The number of fused-ring (bicyclic) bond motifs is 2. The van der Waals surface area contributed by atoms with E-state index >= 15 is 0 Å². The molecule has 1 amide bonds. The number of anilines is 1. The van der Waals surface area contributed by atoms with E-state index in [9.17, 15) is 18.0 Å². The monoisotopic (exact) mass is 473 g/mol. The molecule has 0 spiro atoms. The summed E-state index contributed by atoms with van der Waals surface area (Å²) in [7, 11) is 0. The van der Waals surface area contributed by atoms with E-state index in [1.165, 1.54) is 10.7 Å². The van der Waals surface area contributed by atoms with Crippen LogP contribution in [0, 0.1) is 0 Å². The van der Waals surface area contributed by atoms with E-state index in [4.69, 9.17) is 4.74 Å². The maximum absolute atomic E-state index is 12.9. The Kier molecular flexibility index (Phi) is 5.60. The van der Waals surface area contributed by atoms with Crippen LogP contribution in [0.1, 0.15) is 30.1 Å². The minimum Gasteiger partial charge on any atom is -0.381 e. The molecular formula is C22H22F3N7O2. The van der Waals surface area contributed by atoms with Gasteiger partial charge >= 0.3 is 6.18 Å². The smallest absolute Gasteiger partial charge is 0.381 e. The Labute approximate surface area is 191 Å². The van der Waals surface area contributed by atoms with Crippen LogP contribution in [0.5, 0.6) is 0 Å². The van der Waals surface area contributed by atoms with E-state index in [1.54, 1.807) is 30.7 Å². The Morgan fingerprint density at radius 3 is 2.85 bits per heavy atom. The highest BCUT2D eigenvalue weighted by Crippen LogP contribution is 2.30. The number of alkyl halides is 3. The molecule has 9 nitrogen and oxygen atoms in total. The molecule has 1 atom stereocenters. The van der Waals surface area contributed by atoms with Gasteiger partial charge in [0.1, 0.15) is 11.7 Å². The molecule has 1 fully saturated rings. The highest BCUT2D eigenvalue weighted by atomic mass is 19.4. The van der Waals surface area contributed by atoms with Gasteiger partial charge in [-0.25, -0.2) is 9.50 Å². The van der Waals surface area contributed by atoms with Crippen LogP contribution >= 0.6 is 0 Å². The van der Waals surface area contributed by atoms with Crippen LogP contribution in [0.25, 0.3) is 27.7 Å². The van der Waals surface area contributed by atoms with Gasteiger partial charge in [0.2, 0.25) is 5.95 Å². The minimum atomic E-state index is -4.54. The third kappa shape index (κ3) is 4.28. The van der Waals surface area contributed by atoms with E-state index < -0.39 is 18.1 Å². The van der Waals surface area contributed by atoms with Crippen LogP contribution in [-0.2, 0) is 4.74 Å². The predicted octanol–water partition coefficient (Wildman–Crippen LogP) is 3.54. The summed E-state index contributed by atoms with van der Waals surface area (Å²) in [6.07, 6.45) is 3.65. The van der Waals surface area contributed by atoms with Crippen molar-refractivity contribution in [2.75, 3.05) is 18.5 Å². The Morgan fingerprint density at radius 1 is 1.29 bits per heavy atom. The molecule has 3 N–H and O–H groups in total. The van der Waals surface area contributed by atoms with Gasteiger partial charge in [-0.2, -0.15) is 23.3 Å². The SMILES string of the molecule is CC(NC(=O)c1cnn2ccc(-c3c[nH]c4nc(NC5CCOCC5)ncc34)cc12)C(F)(F)F. The standard InChI is InChI=1S/C22H22F3N7O2/c1-12(22(23,24)25)29-20(33)17-11-28-32-5-2-13(8-18(17)32)15-9-26-19-16(15)10-27-21(31-19)30-14-3-6-34-7-4-14/h2,5,8-12,14H,3-4,6-7H2,1H3,(H,29,33)(H2,26,27,30,31). The van der Waals surface area contributed by atoms with E-state index in [-0.39, 0.29) is 11.6 Å². The molecule has 178 valence electrons. The van der Waals surface area contributed by atoms with Gasteiger partial charge in [-0.3, -0.25) is 4.79 Å². The van der Waals surface area contributed by atoms with Gasteiger partial charge in [0.05, 0.1) is 17.3 Å². The number of rotatable bonds is 5. The largest absolute Gasteiger partial charge is 0.408 e. The molecule has 1 aliphatic heterocycles. The third-order valence-corrected chi connectivity index (χ3v) is 5.90. The average Bonchev–Trinajstić information content (AvgIpc) is 3.42. The Morgan fingerprint density at radius 2 is 2.09 bits per heavy atom. The highest BCUT2D eigenvalue weighted by molar-refractivity contribution is 6.02. The van der Waals surface area contributed by atoms with Crippen molar-refractivity contribution < 1.29 is 22.7 Å². The number of pyridine rings is 1. The second-order valence-electron chi connectivity index (χ2n) is 8.23. The lowest BCUT2D eigenvalue weighted by Crippen LogP contribution is -2.43. The van der Waals surface area contributed by atoms with Crippen molar-refractivity contribution in [3.05, 3.63) is 42.5 Å². The van der Waals surface area contributed by atoms with Crippen molar-refractivity contribution in [1.29, 1.82) is 0 Å². The molecule has 0 saturated carbocycles. The third-order valence-electron chi connectivity index (χ3n) is 5.90. The number of hydrogen-bond donors (Lipinski definition) is 3. The van der Waals surface area contributed by atoms with Crippen molar-refractivity contribution in [1.82, 2.24) is 29.9 Å². The molecule has 34 heavy (non-hydrogen) atoms. The number of halogens is 3. The number of hydrogen-bond acceptors (Lipinski definition) is 6. The normalized spacial score (nSPS) is 16.1. The second kappa shape index (κ2) is 8.60. The molecular weight excluding hydrogens is 451 g/mol. The van der Waals surface area contributed by atoms with Crippen LogP contribution in [0.15, 0.2) is 36.9 Å². The van der Waals surface area contributed by atoms with Gasteiger partial charge in [0.25, 0.3) is 5.91 Å². The summed E-state index contributed by atoms with van der Waals surface area (Å²) >= 11 is 0. The number of H-pyrrole nitrogens is 1. The zero-order chi connectivity index (χ0) is 23.9. The molecule has 12 heteroatoms. The van der Waals surface area contributed by atoms with Gasteiger partial charge < -0.3 is 20.4 Å². The summed E-state index contributed by atoms with van der Waals surface area (Å²) in [5, 5.41) is 10.2. The van der Waals surface area contributed by atoms with Gasteiger partial charge in [0.15, 0.2) is 0 Å². The summed E-state index contributed by atoms with van der Waals surface area (Å²) in [5.74, 6) is -0.320. The Hall–Kier alpha value is -3.67. The Balaban J connectivity index is 1.43. The first-order valence-electron chi connectivity index (χ1n) is 10.8. The maximum atomic E-state index is 12.9. The van der Waals surface area contributed by atoms with Crippen molar-refractivity contribution in [2.24, 2.45) is 0 Å². The van der Waals surface area contributed by atoms with E-state index in [2.05, 4.69) is 25.4 Å². The summed E-state index contributed by atoms with van der Waals surface area (Å²) in [6, 6.07) is 1.79. The molecule has 1 aliphatic rings. The first kappa shape index (κ1) is 22.1. The van der Waals surface area contributed by atoms with Gasteiger partial charge in [-0.15, -0.1) is 0 Å². The van der Waals surface area contributed by atoms with Crippen molar-refractivity contribution in [3.63, 3.8) is 0 Å². The van der Waals surface area contributed by atoms with Crippen LogP contribution in [0.2, 0.25) is 0 Å². The van der Waals surface area contributed by atoms with Crippen LogP contribution in [0.3, 0.4) is 0 Å². The Bertz CT molecular complexity index is 1340. The van der Waals surface area contributed by atoms with Crippen molar-refractivity contribution in [2.45, 2.75) is 38.0 Å². The second-order valence-corrected chi connectivity index (χ2v) is 8.23. The summed E-state index contributed by atoms with van der Waals surface area (Å²) in [4.78, 5) is 24.6. The number of aromatic nitrogens is 5.